The maximum absolute atomic E-state index is 13.1. The summed E-state index contributed by atoms with van der Waals surface area (Å²) in [5.41, 5.74) is 0.407. The molecule has 0 aliphatic carbocycles. The molecule has 3 aromatic carbocycles. The first kappa shape index (κ1) is 20.5. The zero-order valence-electron chi connectivity index (χ0n) is 16.0. The number of amides is 1. The fourth-order valence-corrected chi connectivity index (χ4v) is 3.97. The smallest absolute Gasteiger partial charge is 0.262 e. The lowest BCUT2D eigenvalue weighted by Crippen LogP contribution is -2.17. The fraction of sp³-hybridized carbons (Fsp3) is 0.0952. The number of fused-ring (bicyclic) bond motifs is 1. The molecule has 0 radical (unpaired) electrons. The third kappa shape index (κ3) is 4.53. The molecule has 0 saturated heterocycles. The number of ether oxygens (including phenoxy) is 2. The fourth-order valence-electron chi connectivity index (χ4n) is 2.90. The second kappa shape index (κ2) is 8.15. The Morgan fingerprint density at radius 1 is 0.935 bits per heavy atom. The molecule has 0 fully saturated rings. The molecule has 0 unspecified atom stereocenters. The van der Waals surface area contributed by atoms with E-state index in [1.165, 1.54) is 18.2 Å². The van der Waals surface area contributed by atoms with E-state index in [0.717, 1.165) is 24.3 Å². The highest BCUT2D eigenvalue weighted by atomic mass is 32.2. The summed E-state index contributed by atoms with van der Waals surface area (Å²) in [6.45, 7) is 0.816. The summed E-state index contributed by atoms with van der Waals surface area (Å²) < 4.78 is 51.2. The van der Waals surface area contributed by atoms with Crippen LogP contribution in [0.3, 0.4) is 0 Å². The average Bonchev–Trinajstić information content (AvgIpc) is 2.76. The second-order valence-electron chi connectivity index (χ2n) is 6.60. The number of rotatable bonds is 5. The van der Waals surface area contributed by atoms with Gasteiger partial charge < -0.3 is 19.9 Å². The van der Waals surface area contributed by atoms with Crippen LogP contribution in [0.4, 0.5) is 15.8 Å². The van der Waals surface area contributed by atoms with Crippen LogP contribution in [0.25, 0.3) is 0 Å². The molecule has 10 heteroatoms. The summed E-state index contributed by atoms with van der Waals surface area (Å²) in [7, 11) is -4.08. The zero-order chi connectivity index (χ0) is 22.0. The summed E-state index contributed by atoms with van der Waals surface area (Å²) in [6.07, 6.45) is 0. The Hall–Kier alpha value is -3.79. The Balaban J connectivity index is 1.54. The molecule has 0 spiro atoms. The lowest BCUT2D eigenvalue weighted by atomic mass is 10.1. The normalized spacial score (nSPS) is 12.8. The van der Waals surface area contributed by atoms with Gasteiger partial charge in [-0.15, -0.1) is 0 Å². The lowest BCUT2D eigenvalue weighted by molar-refractivity contribution is 0.102. The van der Waals surface area contributed by atoms with E-state index in [9.17, 15) is 22.7 Å². The van der Waals surface area contributed by atoms with E-state index in [4.69, 9.17) is 9.47 Å². The molecule has 1 heterocycles. The predicted octanol–water partition coefficient (Wildman–Crippen LogP) is 3.36. The van der Waals surface area contributed by atoms with Crippen LogP contribution in [-0.4, -0.2) is 32.6 Å². The standard InChI is InChI=1S/C21H17FN2O6S/c22-14-2-5-16(6-3-14)31(27,28)24-17-12-15(4-7-18(17)25)23-21(26)13-1-8-19-20(11-13)30-10-9-29-19/h1-8,11-12,24-25H,9-10H2,(H,23,26). The monoisotopic (exact) mass is 444 g/mol. The van der Waals surface area contributed by atoms with Gasteiger partial charge in [-0.05, 0) is 60.7 Å². The molecule has 3 aromatic rings. The van der Waals surface area contributed by atoms with Crippen molar-refractivity contribution in [3.8, 4) is 17.2 Å². The molecule has 31 heavy (non-hydrogen) atoms. The molecular weight excluding hydrogens is 427 g/mol. The van der Waals surface area contributed by atoms with Crippen molar-refractivity contribution in [2.75, 3.05) is 23.3 Å². The molecule has 3 N–H and O–H groups in total. The number of carbonyl (C=O) groups excluding carboxylic acids is 1. The van der Waals surface area contributed by atoms with Crippen molar-refractivity contribution in [3.63, 3.8) is 0 Å². The minimum atomic E-state index is -4.08. The maximum Gasteiger partial charge on any atom is 0.262 e. The van der Waals surface area contributed by atoms with E-state index in [0.29, 0.717) is 30.3 Å². The Bertz CT molecular complexity index is 1250. The predicted molar refractivity (Wildman–Crippen MR) is 111 cm³/mol. The van der Waals surface area contributed by atoms with Crippen molar-refractivity contribution in [2.24, 2.45) is 0 Å². The number of halogens is 1. The van der Waals surface area contributed by atoms with Gasteiger partial charge in [0.2, 0.25) is 0 Å². The first-order chi connectivity index (χ1) is 14.8. The van der Waals surface area contributed by atoms with Crippen molar-refractivity contribution >= 4 is 27.3 Å². The van der Waals surface area contributed by atoms with Gasteiger partial charge in [0.1, 0.15) is 24.8 Å². The van der Waals surface area contributed by atoms with E-state index in [1.807, 2.05) is 0 Å². The molecule has 0 atom stereocenters. The van der Waals surface area contributed by atoms with Gasteiger partial charge in [0.05, 0.1) is 10.6 Å². The van der Waals surface area contributed by atoms with Gasteiger partial charge >= 0.3 is 0 Å². The van der Waals surface area contributed by atoms with Crippen molar-refractivity contribution in [2.45, 2.75) is 4.90 Å². The number of carbonyl (C=O) groups is 1. The molecule has 0 saturated carbocycles. The van der Waals surface area contributed by atoms with Crippen LogP contribution in [0.5, 0.6) is 17.2 Å². The molecular formula is C21H17FN2O6S. The first-order valence-electron chi connectivity index (χ1n) is 9.14. The van der Waals surface area contributed by atoms with E-state index in [-0.39, 0.29) is 22.0 Å². The van der Waals surface area contributed by atoms with Crippen LogP contribution in [0.15, 0.2) is 65.6 Å². The highest BCUT2D eigenvalue weighted by Crippen LogP contribution is 2.32. The summed E-state index contributed by atoms with van der Waals surface area (Å²) in [4.78, 5) is 12.4. The van der Waals surface area contributed by atoms with Crippen LogP contribution >= 0.6 is 0 Å². The van der Waals surface area contributed by atoms with Gasteiger partial charge in [-0.1, -0.05) is 0 Å². The van der Waals surface area contributed by atoms with Crippen LogP contribution in [0.2, 0.25) is 0 Å². The first-order valence-corrected chi connectivity index (χ1v) is 10.6. The summed E-state index contributed by atoms with van der Waals surface area (Å²) in [6, 6.07) is 12.9. The van der Waals surface area contributed by atoms with E-state index >= 15 is 0 Å². The summed E-state index contributed by atoms with van der Waals surface area (Å²) in [5.74, 6) is -0.383. The minimum Gasteiger partial charge on any atom is -0.506 e. The van der Waals surface area contributed by atoms with Crippen LogP contribution < -0.4 is 19.5 Å². The van der Waals surface area contributed by atoms with Crippen LogP contribution in [0.1, 0.15) is 10.4 Å². The van der Waals surface area contributed by atoms with Crippen molar-refractivity contribution in [3.05, 3.63) is 72.0 Å². The largest absolute Gasteiger partial charge is 0.506 e. The van der Waals surface area contributed by atoms with Gasteiger partial charge in [-0.25, -0.2) is 12.8 Å². The van der Waals surface area contributed by atoms with Gasteiger partial charge in [-0.3, -0.25) is 9.52 Å². The van der Waals surface area contributed by atoms with Gasteiger partial charge in [0.25, 0.3) is 15.9 Å². The number of benzene rings is 3. The molecule has 8 nitrogen and oxygen atoms in total. The van der Waals surface area contributed by atoms with Crippen LogP contribution in [-0.2, 0) is 10.0 Å². The number of sulfonamides is 1. The van der Waals surface area contributed by atoms with Crippen molar-refractivity contribution in [1.82, 2.24) is 0 Å². The van der Waals surface area contributed by atoms with Gasteiger partial charge in [-0.2, -0.15) is 0 Å². The minimum absolute atomic E-state index is 0.149. The molecule has 0 bridgehead atoms. The third-order valence-corrected chi connectivity index (χ3v) is 5.81. The lowest BCUT2D eigenvalue weighted by Gasteiger charge is -2.18. The molecule has 4 rings (SSSR count). The quantitative estimate of drug-likeness (QED) is 0.411. The van der Waals surface area contributed by atoms with E-state index < -0.39 is 21.7 Å². The second-order valence-corrected chi connectivity index (χ2v) is 8.29. The average molecular weight is 444 g/mol. The van der Waals surface area contributed by atoms with Gasteiger partial charge in [0, 0.05) is 11.3 Å². The SMILES string of the molecule is O=C(Nc1ccc(O)c(NS(=O)(=O)c2ccc(F)cc2)c1)c1ccc2c(c1)OCCO2. The number of hydrogen-bond donors (Lipinski definition) is 3. The Labute approximate surface area is 177 Å². The number of aromatic hydroxyl groups is 1. The summed E-state index contributed by atoms with van der Waals surface area (Å²) in [5, 5.41) is 12.7. The number of hydrogen-bond acceptors (Lipinski definition) is 6. The molecule has 0 aromatic heterocycles. The molecule has 1 aliphatic rings. The highest BCUT2D eigenvalue weighted by Gasteiger charge is 2.18. The molecule has 1 amide bonds. The number of phenolic OH excluding ortho intramolecular Hbond substituents is 1. The molecule has 160 valence electrons. The number of nitrogens with one attached hydrogen (secondary N) is 2. The van der Waals surface area contributed by atoms with Gasteiger partial charge in [0.15, 0.2) is 11.5 Å². The Kier molecular flexibility index (Phi) is 5.38. The topological polar surface area (TPSA) is 114 Å². The van der Waals surface area contributed by atoms with Crippen molar-refractivity contribution in [1.29, 1.82) is 0 Å². The van der Waals surface area contributed by atoms with E-state index in [2.05, 4.69) is 10.0 Å². The number of phenols is 1. The Morgan fingerprint density at radius 2 is 1.65 bits per heavy atom. The Morgan fingerprint density at radius 3 is 2.39 bits per heavy atom. The summed E-state index contributed by atoms with van der Waals surface area (Å²) >= 11 is 0. The zero-order valence-corrected chi connectivity index (χ0v) is 16.8. The number of anilines is 2. The maximum atomic E-state index is 13.1. The van der Waals surface area contributed by atoms with E-state index in [1.54, 1.807) is 18.2 Å². The van der Waals surface area contributed by atoms with Crippen LogP contribution in [0, 0.1) is 5.82 Å². The highest BCUT2D eigenvalue weighted by molar-refractivity contribution is 7.92. The van der Waals surface area contributed by atoms with Crippen molar-refractivity contribution < 1.29 is 32.2 Å². The third-order valence-electron chi connectivity index (χ3n) is 4.43. The molecule has 1 aliphatic heterocycles.